The molecule has 0 aliphatic carbocycles. The van der Waals surface area contributed by atoms with Crippen LogP contribution < -0.4 is 20.4 Å². The van der Waals surface area contributed by atoms with Crippen molar-refractivity contribution >= 4 is 44.7 Å². The van der Waals surface area contributed by atoms with Gasteiger partial charge < -0.3 is 23.5 Å². The Bertz CT molecular complexity index is 1110. The average Bonchev–Trinajstić information content (AvgIpc) is 2.76. The van der Waals surface area contributed by atoms with Gasteiger partial charge in [-0.1, -0.05) is 0 Å². The molecule has 2 aromatic rings. The number of rotatable bonds is 6. The van der Waals surface area contributed by atoms with Crippen molar-refractivity contribution in [2.45, 2.75) is 36.9 Å². The lowest BCUT2D eigenvalue weighted by Crippen LogP contribution is -2.57. The summed E-state index contributed by atoms with van der Waals surface area (Å²) in [6.45, 7) is 3.81. The summed E-state index contributed by atoms with van der Waals surface area (Å²) in [4.78, 5) is 12.9. The van der Waals surface area contributed by atoms with Crippen molar-refractivity contribution < 1.29 is 23.3 Å². The van der Waals surface area contributed by atoms with Gasteiger partial charge in [0.15, 0.2) is 11.3 Å². The summed E-state index contributed by atoms with van der Waals surface area (Å²) in [6.07, 6.45) is 0.302. The second kappa shape index (κ2) is 8.95. The standard InChI is InChI=1S/C21H19B5FNO5/c1-11-17-15-3-2-13(33-21(25,26)20(23,24)27)8-12(15)4-5-28(17)19(16(22)18(11)29)32-10-14-9-30-6-7-31-14/h2-3,8,14H,4-7,9-10H2,1H3/t14-/m0/s1. The van der Waals surface area contributed by atoms with Crippen LogP contribution in [0, 0.1) is 6.92 Å². The van der Waals surface area contributed by atoms with Crippen LogP contribution in [0.15, 0.2) is 23.0 Å². The highest BCUT2D eigenvalue weighted by molar-refractivity contribution is 6.53. The Morgan fingerprint density at radius 3 is 2.67 bits per heavy atom. The number of aryl methyl sites for hydroxylation is 1. The molecule has 1 atom stereocenters. The Labute approximate surface area is 198 Å². The monoisotopic (exact) mass is 439 g/mol. The number of aromatic nitrogens is 1. The number of alkyl halides is 1. The second-order valence-corrected chi connectivity index (χ2v) is 8.28. The highest BCUT2D eigenvalue weighted by Crippen LogP contribution is 2.36. The second-order valence-electron chi connectivity index (χ2n) is 8.28. The van der Waals surface area contributed by atoms with Gasteiger partial charge in [0.05, 0.1) is 31.0 Å². The molecule has 1 fully saturated rings. The van der Waals surface area contributed by atoms with Gasteiger partial charge in [0.2, 0.25) is 0 Å². The summed E-state index contributed by atoms with van der Waals surface area (Å²) in [5.41, 5.74) is -0.483. The molecule has 0 N–H and O–H groups in total. The Hall–Kier alpha value is -2.06. The predicted octanol–water partition coefficient (Wildman–Crippen LogP) is -0.702. The van der Waals surface area contributed by atoms with E-state index in [-0.39, 0.29) is 35.2 Å². The molecule has 1 aromatic heterocycles. The predicted molar refractivity (Wildman–Crippen MR) is 126 cm³/mol. The van der Waals surface area contributed by atoms with Crippen molar-refractivity contribution in [1.82, 2.24) is 4.57 Å². The van der Waals surface area contributed by atoms with E-state index in [0.717, 1.165) is 11.1 Å². The maximum absolute atomic E-state index is 13.9. The summed E-state index contributed by atoms with van der Waals surface area (Å²) in [7, 11) is 27.7. The van der Waals surface area contributed by atoms with Crippen LogP contribution in [-0.4, -0.2) is 87.2 Å². The molecule has 1 aromatic carbocycles. The SMILES string of the molecule is [B]c1c(OC[C@@H]2COCCO2)n2c(c(C)c1=O)-c1ccc(OC([B])([B])C([B])([B])F)cc1CC2. The van der Waals surface area contributed by atoms with Gasteiger partial charge in [-0.25, -0.2) is 0 Å². The lowest BCUT2D eigenvalue weighted by Gasteiger charge is -2.38. The first-order chi connectivity index (χ1) is 15.5. The molecular weight excluding hydrogens is 419 g/mol. The third-order valence-electron chi connectivity index (χ3n) is 5.80. The van der Waals surface area contributed by atoms with Crippen molar-refractivity contribution in [1.29, 1.82) is 0 Å². The summed E-state index contributed by atoms with van der Waals surface area (Å²) in [5.74, 6) is 0.476. The van der Waals surface area contributed by atoms with Crippen molar-refractivity contribution in [3.63, 3.8) is 0 Å². The van der Waals surface area contributed by atoms with Crippen LogP contribution in [-0.2, 0) is 22.4 Å². The van der Waals surface area contributed by atoms with Gasteiger partial charge in [-0.3, -0.25) is 9.18 Å². The first-order valence-corrected chi connectivity index (χ1v) is 10.5. The largest absolute Gasteiger partial charge is 0.505 e. The molecule has 10 radical (unpaired) electrons. The van der Waals surface area contributed by atoms with Crippen LogP contribution in [0.5, 0.6) is 11.6 Å². The number of fused-ring (bicyclic) bond motifs is 3. The smallest absolute Gasteiger partial charge is 0.190 e. The zero-order valence-corrected chi connectivity index (χ0v) is 18.3. The van der Waals surface area contributed by atoms with Crippen LogP contribution in [0.2, 0.25) is 0 Å². The first-order valence-electron chi connectivity index (χ1n) is 10.5. The number of benzene rings is 1. The van der Waals surface area contributed by atoms with E-state index in [2.05, 4.69) is 0 Å². The Morgan fingerprint density at radius 1 is 1.24 bits per heavy atom. The van der Waals surface area contributed by atoms with Crippen molar-refractivity contribution in [3.8, 4) is 22.9 Å². The molecule has 33 heavy (non-hydrogen) atoms. The number of ether oxygens (including phenoxy) is 4. The molecule has 3 heterocycles. The van der Waals surface area contributed by atoms with Crippen LogP contribution >= 0.6 is 0 Å². The van der Waals surface area contributed by atoms with E-state index < -0.39 is 10.9 Å². The number of hydrogen-bond acceptors (Lipinski definition) is 5. The Kier molecular flexibility index (Phi) is 6.53. The fraction of sp³-hybridized carbons (Fsp3) is 0.476. The molecule has 12 heteroatoms. The quantitative estimate of drug-likeness (QED) is 0.559. The van der Waals surface area contributed by atoms with E-state index in [1.165, 1.54) is 0 Å². The third-order valence-corrected chi connectivity index (χ3v) is 5.80. The van der Waals surface area contributed by atoms with Gasteiger partial charge in [0.1, 0.15) is 57.7 Å². The molecule has 1 saturated heterocycles. The van der Waals surface area contributed by atoms with E-state index in [4.69, 9.17) is 58.2 Å². The highest BCUT2D eigenvalue weighted by Gasteiger charge is 2.37. The van der Waals surface area contributed by atoms with Gasteiger partial charge in [-0.15, -0.1) is 0 Å². The molecule has 160 valence electrons. The molecule has 2 aliphatic rings. The summed E-state index contributed by atoms with van der Waals surface area (Å²) in [6, 6.07) is 4.93. The van der Waals surface area contributed by atoms with E-state index in [0.29, 0.717) is 44.0 Å². The van der Waals surface area contributed by atoms with Gasteiger partial charge in [0.25, 0.3) is 0 Å². The zero-order valence-electron chi connectivity index (χ0n) is 18.3. The van der Waals surface area contributed by atoms with Crippen molar-refractivity contribution in [3.05, 3.63) is 39.5 Å². The van der Waals surface area contributed by atoms with E-state index in [9.17, 15) is 9.18 Å². The molecule has 0 amide bonds. The third kappa shape index (κ3) is 4.65. The highest BCUT2D eigenvalue weighted by atomic mass is 19.1. The summed E-state index contributed by atoms with van der Waals surface area (Å²) >= 11 is 0. The zero-order chi connectivity index (χ0) is 24.0. The fourth-order valence-electron chi connectivity index (χ4n) is 3.95. The molecule has 0 bridgehead atoms. The molecule has 6 nitrogen and oxygen atoms in total. The Balaban J connectivity index is 1.69. The average molecular weight is 438 g/mol. The number of pyridine rings is 1. The van der Waals surface area contributed by atoms with Crippen molar-refractivity contribution in [2.75, 3.05) is 26.4 Å². The lowest BCUT2D eigenvalue weighted by molar-refractivity contribution is -0.102. The van der Waals surface area contributed by atoms with Crippen LogP contribution in [0.25, 0.3) is 11.3 Å². The van der Waals surface area contributed by atoms with Gasteiger partial charge >= 0.3 is 0 Å². The van der Waals surface area contributed by atoms with Crippen LogP contribution in [0.1, 0.15) is 11.1 Å². The fourth-order valence-corrected chi connectivity index (χ4v) is 3.95. The minimum Gasteiger partial charge on any atom is -0.505 e. The van der Waals surface area contributed by atoms with Crippen LogP contribution in [0.4, 0.5) is 4.39 Å². The maximum Gasteiger partial charge on any atom is 0.190 e. The molecule has 0 saturated carbocycles. The van der Waals surface area contributed by atoms with E-state index >= 15 is 0 Å². The molecule has 4 rings (SSSR count). The topological polar surface area (TPSA) is 58.9 Å². The molecular formula is C21H19B5FNO5. The maximum atomic E-state index is 13.9. The Morgan fingerprint density at radius 2 is 2.00 bits per heavy atom. The number of nitrogens with zero attached hydrogens (tertiary/aromatic N) is 1. The van der Waals surface area contributed by atoms with Crippen LogP contribution in [0.3, 0.4) is 0 Å². The molecule has 0 spiro atoms. The van der Waals surface area contributed by atoms with E-state index in [1.54, 1.807) is 25.1 Å². The molecule has 2 aliphatic heterocycles. The number of hydrogen-bond donors (Lipinski definition) is 0. The van der Waals surface area contributed by atoms with Gasteiger partial charge in [-0.2, -0.15) is 0 Å². The summed E-state index contributed by atoms with van der Waals surface area (Å²) in [5, 5.41) is -2.44. The van der Waals surface area contributed by atoms with Crippen molar-refractivity contribution in [2.24, 2.45) is 0 Å². The minimum atomic E-state index is -2.96. The van der Waals surface area contributed by atoms with Gasteiger partial charge in [-0.05, 0) is 37.1 Å². The molecule has 0 unspecified atom stereocenters. The summed E-state index contributed by atoms with van der Waals surface area (Å²) < 4.78 is 38.0. The van der Waals surface area contributed by atoms with E-state index in [1.807, 2.05) is 4.57 Å². The first kappa shape index (κ1) is 24.1. The number of halogens is 1. The lowest BCUT2D eigenvalue weighted by atomic mass is 9.43. The van der Waals surface area contributed by atoms with Gasteiger partial charge in [0, 0.05) is 28.5 Å². The normalized spacial score (nSPS) is 18.3. The minimum absolute atomic E-state index is 0.0394.